The van der Waals surface area contributed by atoms with Crippen LogP contribution in [0.2, 0.25) is 5.02 Å². The summed E-state index contributed by atoms with van der Waals surface area (Å²) in [6.45, 7) is 6.47. The van der Waals surface area contributed by atoms with Gasteiger partial charge in [-0.05, 0) is 18.6 Å². The van der Waals surface area contributed by atoms with Gasteiger partial charge in [-0.25, -0.2) is 4.98 Å². The van der Waals surface area contributed by atoms with E-state index in [-0.39, 0.29) is 11.5 Å². The fraction of sp³-hybridized carbons (Fsp3) is 0.480. The Labute approximate surface area is 205 Å². The van der Waals surface area contributed by atoms with Crippen molar-refractivity contribution in [3.63, 3.8) is 0 Å². The third-order valence-electron chi connectivity index (χ3n) is 6.37. The van der Waals surface area contributed by atoms with Crippen LogP contribution in [0.4, 0.5) is 5.82 Å². The van der Waals surface area contributed by atoms with Gasteiger partial charge in [0, 0.05) is 69.7 Å². The number of hydrogen-bond donors (Lipinski definition) is 0. The lowest BCUT2D eigenvalue weighted by molar-refractivity contribution is -0.129. The molecule has 1 amide bonds. The van der Waals surface area contributed by atoms with Gasteiger partial charge in [-0.3, -0.25) is 23.5 Å². The monoisotopic (exact) mass is 484 g/mol. The van der Waals surface area contributed by atoms with Crippen LogP contribution in [0.25, 0.3) is 17.0 Å². The maximum atomic E-state index is 13.1. The summed E-state index contributed by atoms with van der Waals surface area (Å²) in [4.78, 5) is 36.1. The summed E-state index contributed by atoms with van der Waals surface area (Å²) in [5.41, 5.74) is 1.59. The number of carbonyl (C=O) groups is 1. The van der Waals surface area contributed by atoms with Crippen molar-refractivity contribution in [1.29, 1.82) is 0 Å². The molecule has 1 aromatic carbocycles. The molecule has 0 atom stereocenters. The van der Waals surface area contributed by atoms with Crippen molar-refractivity contribution in [2.75, 3.05) is 51.7 Å². The van der Waals surface area contributed by atoms with Gasteiger partial charge in [0.15, 0.2) is 0 Å². The Morgan fingerprint density at radius 2 is 1.79 bits per heavy atom. The molecule has 4 rings (SSSR count). The van der Waals surface area contributed by atoms with Gasteiger partial charge in [-0.1, -0.05) is 43.5 Å². The summed E-state index contributed by atoms with van der Waals surface area (Å²) in [7, 11) is 3.57. The van der Waals surface area contributed by atoms with Crippen molar-refractivity contribution < 1.29 is 4.79 Å². The average molecular weight is 485 g/mol. The van der Waals surface area contributed by atoms with Crippen LogP contribution >= 0.6 is 11.6 Å². The van der Waals surface area contributed by atoms with Crippen molar-refractivity contribution in [3.05, 3.63) is 51.9 Å². The van der Waals surface area contributed by atoms with Crippen LogP contribution in [0.3, 0.4) is 0 Å². The molecule has 0 bridgehead atoms. The highest BCUT2D eigenvalue weighted by Crippen LogP contribution is 2.24. The molecule has 2 aromatic heterocycles. The zero-order valence-electron chi connectivity index (χ0n) is 20.2. The van der Waals surface area contributed by atoms with Crippen LogP contribution in [0.1, 0.15) is 26.2 Å². The van der Waals surface area contributed by atoms with E-state index < -0.39 is 0 Å². The molecule has 0 aliphatic carbocycles. The molecule has 0 radical (unpaired) electrons. The first-order chi connectivity index (χ1) is 16.4. The quantitative estimate of drug-likeness (QED) is 0.459. The number of piperazine rings is 1. The van der Waals surface area contributed by atoms with Gasteiger partial charge in [0.25, 0.3) is 5.56 Å². The highest BCUT2D eigenvalue weighted by Gasteiger charge is 2.23. The number of imidazole rings is 1. The number of unbranched alkanes of at least 4 members (excludes halogenated alkanes) is 2. The van der Waals surface area contributed by atoms with E-state index >= 15 is 0 Å². The molecule has 34 heavy (non-hydrogen) atoms. The third-order valence-corrected chi connectivity index (χ3v) is 6.63. The molecule has 1 saturated heterocycles. The van der Waals surface area contributed by atoms with Crippen molar-refractivity contribution in [2.45, 2.75) is 32.7 Å². The Hall–Kier alpha value is -2.84. The van der Waals surface area contributed by atoms with E-state index in [9.17, 15) is 9.59 Å². The molecule has 0 unspecified atom stereocenters. The van der Waals surface area contributed by atoms with Gasteiger partial charge in [0.1, 0.15) is 5.82 Å². The number of carbonyl (C=O) groups excluding carboxylic acids is 1. The van der Waals surface area contributed by atoms with Crippen molar-refractivity contribution in [1.82, 2.24) is 23.8 Å². The second-order valence-corrected chi connectivity index (χ2v) is 9.49. The minimum Gasteiger partial charge on any atom is -0.355 e. The lowest BCUT2D eigenvalue weighted by Gasteiger charge is -2.37. The Morgan fingerprint density at radius 3 is 2.44 bits per heavy atom. The summed E-state index contributed by atoms with van der Waals surface area (Å²) in [6.07, 6.45) is 5.06. The first kappa shape index (κ1) is 24.3. The number of likely N-dealkylation sites (N-methyl/N-ethyl adjacent to an activating group) is 1. The molecule has 0 N–H and O–H groups in total. The Bertz CT molecular complexity index is 1190. The maximum absolute atomic E-state index is 13.1. The summed E-state index contributed by atoms with van der Waals surface area (Å²) < 4.78 is 3.82. The van der Waals surface area contributed by atoms with Gasteiger partial charge in [0.05, 0.1) is 12.2 Å². The zero-order chi connectivity index (χ0) is 24.2. The fourth-order valence-corrected chi connectivity index (χ4v) is 4.43. The maximum Gasteiger partial charge on any atom is 0.261 e. The summed E-state index contributed by atoms with van der Waals surface area (Å²) >= 11 is 6.05. The largest absolute Gasteiger partial charge is 0.355 e. The van der Waals surface area contributed by atoms with Crippen LogP contribution < -0.4 is 10.5 Å². The topological polar surface area (TPSA) is 66.1 Å². The molecule has 3 heterocycles. The first-order valence-electron chi connectivity index (χ1n) is 11.9. The van der Waals surface area contributed by atoms with Crippen molar-refractivity contribution in [2.24, 2.45) is 0 Å². The van der Waals surface area contributed by atoms with Crippen molar-refractivity contribution in [3.8, 4) is 11.3 Å². The molecular weight excluding hydrogens is 452 g/mol. The number of aryl methyl sites for hydroxylation is 1. The van der Waals surface area contributed by atoms with Gasteiger partial charge in [-0.15, -0.1) is 0 Å². The van der Waals surface area contributed by atoms with Gasteiger partial charge in [0.2, 0.25) is 11.7 Å². The summed E-state index contributed by atoms with van der Waals surface area (Å²) in [5, 5.41) is 0.667. The van der Waals surface area contributed by atoms with E-state index in [1.54, 1.807) is 29.5 Å². The van der Waals surface area contributed by atoms with Crippen LogP contribution in [0, 0.1) is 0 Å². The molecule has 182 valence electrons. The van der Waals surface area contributed by atoms with Crippen LogP contribution in [-0.4, -0.2) is 76.5 Å². The van der Waals surface area contributed by atoms with Gasteiger partial charge < -0.3 is 9.80 Å². The van der Waals surface area contributed by atoms with Crippen LogP contribution in [-0.2, 0) is 11.3 Å². The number of benzene rings is 1. The van der Waals surface area contributed by atoms with E-state index in [2.05, 4.69) is 21.3 Å². The number of fused-ring (bicyclic) bond motifs is 1. The van der Waals surface area contributed by atoms with Crippen LogP contribution in [0.15, 0.2) is 41.3 Å². The number of hydrogen-bond acceptors (Lipinski definition) is 5. The number of halogens is 1. The lowest BCUT2D eigenvalue weighted by Crippen LogP contribution is -2.50. The minimum absolute atomic E-state index is 0.0883. The number of amides is 1. The molecule has 0 saturated carbocycles. The SMILES string of the molecule is CCCCCn1c(N2CCN(CC(=O)N(C)C)CC2)cc(=O)n2cc(-c3ccc(Cl)cc3)nc12. The highest BCUT2D eigenvalue weighted by atomic mass is 35.5. The second-order valence-electron chi connectivity index (χ2n) is 9.05. The van der Waals surface area contributed by atoms with E-state index in [0.29, 0.717) is 17.3 Å². The standard InChI is InChI=1S/C25H33ClN6O2/c1-4-5-6-11-31-22(30-14-12-29(13-15-30)18-24(34)28(2)3)16-23(33)32-17-21(27-25(31)32)19-7-9-20(26)10-8-19/h7-10,16-17H,4-6,11-15,18H2,1-3H3. The van der Waals surface area contributed by atoms with Crippen LogP contribution in [0.5, 0.6) is 0 Å². The number of rotatable bonds is 8. The number of anilines is 1. The van der Waals surface area contributed by atoms with Crippen molar-refractivity contribution >= 4 is 29.1 Å². The number of aromatic nitrogens is 3. The predicted octanol–water partition coefficient (Wildman–Crippen LogP) is 3.22. The smallest absolute Gasteiger partial charge is 0.261 e. The summed E-state index contributed by atoms with van der Waals surface area (Å²) in [6, 6.07) is 9.24. The molecular formula is C25H33ClN6O2. The molecule has 0 spiro atoms. The Kier molecular flexibility index (Phi) is 7.58. The van der Waals surface area contributed by atoms with E-state index in [4.69, 9.17) is 16.6 Å². The average Bonchev–Trinajstić information content (AvgIpc) is 3.27. The second kappa shape index (κ2) is 10.6. The molecule has 1 aliphatic heterocycles. The fourth-order valence-electron chi connectivity index (χ4n) is 4.31. The van der Waals surface area contributed by atoms with Gasteiger partial charge >= 0.3 is 0 Å². The highest BCUT2D eigenvalue weighted by molar-refractivity contribution is 6.30. The van der Waals surface area contributed by atoms with E-state index in [1.165, 1.54) is 0 Å². The lowest BCUT2D eigenvalue weighted by atomic mass is 10.2. The Balaban J connectivity index is 1.66. The zero-order valence-corrected chi connectivity index (χ0v) is 21.0. The van der Waals surface area contributed by atoms with E-state index in [0.717, 1.165) is 69.1 Å². The van der Waals surface area contributed by atoms with E-state index in [1.807, 2.05) is 30.5 Å². The molecule has 1 aliphatic rings. The third kappa shape index (κ3) is 5.28. The molecule has 1 fully saturated rings. The predicted molar refractivity (Wildman–Crippen MR) is 137 cm³/mol. The molecule has 9 heteroatoms. The van der Waals surface area contributed by atoms with Gasteiger partial charge in [-0.2, -0.15) is 0 Å². The Morgan fingerprint density at radius 1 is 1.09 bits per heavy atom. The summed E-state index contributed by atoms with van der Waals surface area (Å²) in [5.74, 6) is 1.67. The molecule has 8 nitrogen and oxygen atoms in total. The normalized spacial score (nSPS) is 14.6. The number of nitrogens with zero attached hydrogens (tertiary/aromatic N) is 6. The molecule has 3 aromatic rings. The first-order valence-corrected chi connectivity index (χ1v) is 12.3. The minimum atomic E-state index is -0.0883.